The highest BCUT2D eigenvalue weighted by molar-refractivity contribution is 7.23. The molecule has 0 saturated carbocycles. The van der Waals surface area contributed by atoms with Crippen molar-refractivity contribution in [3.63, 3.8) is 0 Å². The number of urea groups is 1. The summed E-state index contributed by atoms with van der Waals surface area (Å²) < 4.78 is 17.1. The quantitative estimate of drug-likeness (QED) is 0.434. The summed E-state index contributed by atoms with van der Waals surface area (Å²) in [7, 11) is 0. The summed E-state index contributed by atoms with van der Waals surface area (Å²) in [6.45, 7) is 11.7. The molecular formula is C26H30FN5OS. The topological polar surface area (TPSA) is 52.9 Å². The van der Waals surface area contributed by atoms with Gasteiger partial charge in [-0.05, 0) is 69.7 Å². The van der Waals surface area contributed by atoms with Gasteiger partial charge in [0.25, 0.3) is 0 Å². The number of benzene rings is 2. The van der Waals surface area contributed by atoms with Gasteiger partial charge in [0.05, 0.1) is 21.6 Å². The number of hydrogen-bond donors (Lipinski definition) is 1. The number of aromatic nitrogens is 2. The Morgan fingerprint density at radius 1 is 1.09 bits per heavy atom. The Balaban J connectivity index is 1.46. The highest BCUT2D eigenvalue weighted by atomic mass is 32.1. The SMILES string of the molecule is Cc1ccc2c(c1)sc1nc(-c3ccc(F)cc3)c(CN3CCN(C(=O)NC(C)(C)C)CC3)n12. The standard InChI is InChI=1S/C26H30FN5OS/c1-17-5-10-20-22(15-17)34-25-28-23(18-6-8-19(27)9-7-18)21(32(20)25)16-30-11-13-31(14-12-30)24(33)29-26(2,3)4/h5-10,15H,11-14,16H2,1-4H3,(H,29,33). The molecule has 5 rings (SSSR count). The van der Waals surface area contributed by atoms with Crippen molar-refractivity contribution in [2.45, 2.75) is 39.8 Å². The van der Waals surface area contributed by atoms with Gasteiger partial charge in [0.1, 0.15) is 5.82 Å². The van der Waals surface area contributed by atoms with Crippen LogP contribution >= 0.6 is 11.3 Å². The van der Waals surface area contributed by atoms with E-state index >= 15 is 0 Å². The van der Waals surface area contributed by atoms with Gasteiger partial charge < -0.3 is 10.2 Å². The van der Waals surface area contributed by atoms with Gasteiger partial charge in [0.2, 0.25) is 0 Å². The molecule has 8 heteroatoms. The second-order valence-corrected chi connectivity index (χ2v) is 11.1. The number of rotatable bonds is 3. The summed E-state index contributed by atoms with van der Waals surface area (Å²) in [5, 5.41) is 3.05. The third-order valence-electron chi connectivity index (χ3n) is 6.13. The number of aryl methyl sites for hydroxylation is 1. The zero-order valence-corrected chi connectivity index (χ0v) is 20.9. The van der Waals surface area contributed by atoms with E-state index in [1.54, 1.807) is 23.5 Å². The van der Waals surface area contributed by atoms with Crippen LogP contribution in [-0.2, 0) is 6.54 Å². The molecule has 0 radical (unpaired) electrons. The van der Waals surface area contributed by atoms with Gasteiger partial charge in [-0.2, -0.15) is 0 Å². The van der Waals surface area contributed by atoms with Crippen LogP contribution in [0.4, 0.5) is 9.18 Å². The molecule has 1 aliphatic heterocycles. The van der Waals surface area contributed by atoms with Crippen LogP contribution in [0.3, 0.4) is 0 Å². The van der Waals surface area contributed by atoms with E-state index in [0.717, 1.165) is 40.5 Å². The number of imidazole rings is 1. The molecule has 2 aromatic heterocycles. The normalized spacial score (nSPS) is 15.4. The zero-order chi connectivity index (χ0) is 24.0. The molecule has 3 heterocycles. The number of carbonyl (C=O) groups excluding carboxylic acids is 1. The largest absolute Gasteiger partial charge is 0.333 e. The van der Waals surface area contributed by atoms with E-state index in [1.165, 1.54) is 22.4 Å². The van der Waals surface area contributed by atoms with Crippen LogP contribution in [-0.4, -0.2) is 56.9 Å². The number of carbonyl (C=O) groups is 1. The van der Waals surface area contributed by atoms with Crippen LogP contribution in [0, 0.1) is 12.7 Å². The third-order valence-corrected chi connectivity index (χ3v) is 7.14. The van der Waals surface area contributed by atoms with Crippen molar-refractivity contribution in [2.75, 3.05) is 26.2 Å². The van der Waals surface area contributed by atoms with E-state index in [2.05, 4.69) is 39.7 Å². The Hall–Kier alpha value is -2.97. The van der Waals surface area contributed by atoms with Crippen molar-refractivity contribution in [2.24, 2.45) is 0 Å². The first-order valence-corrected chi connectivity index (χ1v) is 12.5. The highest BCUT2D eigenvalue weighted by Gasteiger charge is 2.26. The fourth-order valence-electron chi connectivity index (χ4n) is 4.44. The molecule has 34 heavy (non-hydrogen) atoms. The first-order valence-electron chi connectivity index (χ1n) is 11.6. The molecule has 6 nitrogen and oxygen atoms in total. The number of hydrogen-bond acceptors (Lipinski definition) is 4. The molecule has 1 fully saturated rings. The number of thiazole rings is 1. The lowest BCUT2D eigenvalue weighted by atomic mass is 10.1. The van der Waals surface area contributed by atoms with Crippen molar-refractivity contribution >= 4 is 32.5 Å². The summed E-state index contributed by atoms with van der Waals surface area (Å²) in [5.74, 6) is -0.253. The van der Waals surface area contributed by atoms with Crippen LogP contribution in [0.1, 0.15) is 32.0 Å². The van der Waals surface area contributed by atoms with Crippen LogP contribution in [0.5, 0.6) is 0 Å². The Bertz CT molecular complexity index is 1340. The molecule has 1 saturated heterocycles. The fraction of sp³-hybridized carbons (Fsp3) is 0.385. The minimum Gasteiger partial charge on any atom is -0.333 e. The van der Waals surface area contributed by atoms with Crippen LogP contribution in [0.15, 0.2) is 42.5 Å². The second-order valence-electron chi connectivity index (χ2n) is 10.0. The minimum absolute atomic E-state index is 0.00917. The maximum absolute atomic E-state index is 13.6. The number of halogens is 1. The number of fused-ring (bicyclic) bond motifs is 3. The number of amides is 2. The number of nitrogens with one attached hydrogen (secondary N) is 1. The molecule has 4 aromatic rings. The molecule has 1 N–H and O–H groups in total. The average molecular weight is 480 g/mol. The number of nitrogens with zero attached hydrogens (tertiary/aromatic N) is 4. The summed E-state index contributed by atoms with van der Waals surface area (Å²) in [6.07, 6.45) is 0. The molecular weight excluding hydrogens is 449 g/mol. The van der Waals surface area contributed by atoms with E-state index < -0.39 is 0 Å². The van der Waals surface area contributed by atoms with Crippen molar-refractivity contribution < 1.29 is 9.18 Å². The van der Waals surface area contributed by atoms with Crippen LogP contribution < -0.4 is 5.32 Å². The molecule has 0 unspecified atom stereocenters. The molecule has 1 aliphatic rings. The Morgan fingerprint density at radius 3 is 2.47 bits per heavy atom. The fourth-order valence-corrected chi connectivity index (χ4v) is 5.58. The average Bonchev–Trinajstić information content (AvgIpc) is 3.29. The van der Waals surface area contributed by atoms with E-state index in [0.29, 0.717) is 19.6 Å². The van der Waals surface area contributed by atoms with Crippen molar-refractivity contribution in [3.05, 3.63) is 59.5 Å². The lowest BCUT2D eigenvalue weighted by Crippen LogP contribution is -2.54. The lowest BCUT2D eigenvalue weighted by Gasteiger charge is -2.36. The van der Waals surface area contributed by atoms with Gasteiger partial charge >= 0.3 is 6.03 Å². The molecule has 0 bridgehead atoms. The van der Waals surface area contributed by atoms with Crippen LogP contribution in [0.25, 0.3) is 26.4 Å². The smallest absolute Gasteiger partial charge is 0.317 e. The van der Waals surface area contributed by atoms with Gasteiger partial charge in [0, 0.05) is 43.8 Å². The first-order chi connectivity index (χ1) is 16.2. The van der Waals surface area contributed by atoms with Gasteiger partial charge in [-0.15, -0.1) is 0 Å². The van der Waals surface area contributed by atoms with Gasteiger partial charge in [-0.1, -0.05) is 17.4 Å². The zero-order valence-electron chi connectivity index (χ0n) is 20.1. The number of piperazine rings is 1. The lowest BCUT2D eigenvalue weighted by molar-refractivity contribution is 0.130. The van der Waals surface area contributed by atoms with Crippen molar-refractivity contribution in [1.82, 2.24) is 24.5 Å². The summed E-state index contributed by atoms with van der Waals surface area (Å²) in [5.41, 5.74) is 5.02. The van der Waals surface area contributed by atoms with E-state index in [4.69, 9.17) is 4.98 Å². The highest BCUT2D eigenvalue weighted by Crippen LogP contribution is 2.34. The van der Waals surface area contributed by atoms with Crippen LogP contribution in [0.2, 0.25) is 0 Å². The Labute approximate surface area is 203 Å². The minimum atomic E-state index is -0.253. The second kappa shape index (κ2) is 8.67. The van der Waals surface area contributed by atoms with Gasteiger partial charge in [-0.25, -0.2) is 14.2 Å². The molecule has 2 amide bonds. The molecule has 2 aromatic carbocycles. The third kappa shape index (κ3) is 4.52. The van der Waals surface area contributed by atoms with E-state index in [9.17, 15) is 9.18 Å². The molecule has 0 atom stereocenters. The Kier molecular flexibility index (Phi) is 5.81. The first kappa shape index (κ1) is 22.8. The Morgan fingerprint density at radius 2 is 1.79 bits per heavy atom. The maximum Gasteiger partial charge on any atom is 0.317 e. The predicted octanol–water partition coefficient (Wildman–Crippen LogP) is 5.29. The molecule has 178 valence electrons. The van der Waals surface area contributed by atoms with E-state index in [1.807, 2.05) is 25.7 Å². The summed E-state index contributed by atoms with van der Waals surface area (Å²) >= 11 is 1.68. The molecule has 0 aliphatic carbocycles. The monoisotopic (exact) mass is 479 g/mol. The van der Waals surface area contributed by atoms with Crippen molar-refractivity contribution in [1.29, 1.82) is 0 Å². The summed E-state index contributed by atoms with van der Waals surface area (Å²) in [6, 6.07) is 13.0. The van der Waals surface area contributed by atoms with Crippen molar-refractivity contribution in [3.8, 4) is 11.3 Å². The van der Waals surface area contributed by atoms with Gasteiger partial charge in [0.15, 0.2) is 4.96 Å². The van der Waals surface area contributed by atoms with E-state index in [-0.39, 0.29) is 17.4 Å². The maximum atomic E-state index is 13.6. The predicted molar refractivity (Wildman–Crippen MR) is 136 cm³/mol. The summed E-state index contributed by atoms with van der Waals surface area (Å²) in [4.78, 5) is 22.8. The van der Waals surface area contributed by atoms with Gasteiger partial charge in [-0.3, -0.25) is 9.30 Å². The molecule has 0 spiro atoms.